The SMILES string of the molecule is Cc1c(Cc2ccc(-c3ccc(F)cc3)s2)cccc1C(=O)[C@H](O)[C@@H](O)[C@H](O)[C@H](O)CO. The first-order valence-electron chi connectivity index (χ1n) is 10.0. The highest BCUT2D eigenvalue weighted by Gasteiger charge is 2.35. The van der Waals surface area contributed by atoms with E-state index in [2.05, 4.69) is 0 Å². The van der Waals surface area contributed by atoms with Crippen LogP contribution in [-0.4, -0.2) is 62.3 Å². The number of hydrogen-bond donors (Lipinski definition) is 5. The normalized spacial score (nSPS) is 15.2. The molecular formula is C24H25FO6S. The number of thiophene rings is 1. The highest BCUT2D eigenvalue weighted by Crippen LogP contribution is 2.30. The van der Waals surface area contributed by atoms with E-state index in [1.165, 1.54) is 18.2 Å². The predicted octanol–water partition coefficient (Wildman–Crippen LogP) is 2.07. The fourth-order valence-corrected chi connectivity index (χ4v) is 4.44. The Labute approximate surface area is 188 Å². The average Bonchev–Trinajstić information content (AvgIpc) is 3.27. The van der Waals surface area contributed by atoms with Gasteiger partial charge in [0.05, 0.1) is 6.61 Å². The van der Waals surface area contributed by atoms with Crippen molar-refractivity contribution in [3.05, 3.63) is 82.0 Å². The molecule has 0 aliphatic heterocycles. The van der Waals surface area contributed by atoms with Gasteiger partial charge in [0.25, 0.3) is 0 Å². The van der Waals surface area contributed by atoms with Crippen LogP contribution in [0.1, 0.15) is 26.4 Å². The van der Waals surface area contributed by atoms with Gasteiger partial charge < -0.3 is 25.5 Å². The van der Waals surface area contributed by atoms with Crippen LogP contribution in [0.2, 0.25) is 0 Å². The first-order chi connectivity index (χ1) is 15.2. The summed E-state index contributed by atoms with van der Waals surface area (Å²) in [7, 11) is 0. The Morgan fingerprint density at radius 2 is 1.66 bits per heavy atom. The van der Waals surface area contributed by atoms with Gasteiger partial charge >= 0.3 is 0 Å². The summed E-state index contributed by atoms with van der Waals surface area (Å²) in [6.07, 6.45) is -6.95. The molecule has 6 nitrogen and oxygen atoms in total. The predicted molar refractivity (Wildman–Crippen MR) is 119 cm³/mol. The van der Waals surface area contributed by atoms with Crippen molar-refractivity contribution in [1.82, 2.24) is 0 Å². The summed E-state index contributed by atoms with van der Waals surface area (Å²) >= 11 is 1.55. The van der Waals surface area contributed by atoms with Gasteiger partial charge in [0.2, 0.25) is 0 Å². The summed E-state index contributed by atoms with van der Waals surface area (Å²) in [5.41, 5.74) is 2.57. The second-order valence-corrected chi connectivity index (χ2v) is 8.75. The molecular weight excluding hydrogens is 435 g/mol. The van der Waals surface area contributed by atoms with Gasteiger partial charge in [-0.2, -0.15) is 0 Å². The number of benzene rings is 2. The molecule has 0 saturated carbocycles. The number of halogens is 1. The Morgan fingerprint density at radius 1 is 0.969 bits per heavy atom. The molecule has 1 aromatic heterocycles. The Bertz CT molecular complexity index is 1060. The number of ketones is 1. The highest BCUT2D eigenvalue weighted by molar-refractivity contribution is 7.15. The summed E-state index contributed by atoms with van der Waals surface area (Å²) < 4.78 is 13.2. The molecule has 4 atom stereocenters. The quantitative estimate of drug-likeness (QED) is 0.312. The van der Waals surface area contributed by atoms with Crippen molar-refractivity contribution in [1.29, 1.82) is 0 Å². The van der Waals surface area contributed by atoms with E-state index in [4.69, 9.17) is 5.11 Å². The topological polar surface area (TPSA) is 118 Å². The molecule has 5 N–H and O–H groups in total. The van der Waals surface area contributed by atoms with E-state index < -0.39 is 36.8 Å². The lowest BCUT2D eigenvalue weighted by Crippen LogP contribution is -2.48. The zero-order chi connectivity index (χ0) is 23.4. The summed E-state index contributed by atoms with van der Waals surface area (Å²) in [6.45, 7) is 0.906. The van der Waals surface area contributed by atoms with Gasteiger partial charge in [0.15, 0.2) is 5.78 Å². The lowest BCUT2D eigenvalue weighted by molar-refractivity contribution is -0.105. The van der Waals surface area contributed by atoms with Crippen molar-refractivity contribution in [3.63, 3.8) is 0 Å². The van der Waals surface area contributed by atoms with E-state index in [-0.39, 0.29) is 11.4 Å². The fraction of sp³-hybridized carbons (Fsp3) is 0.292. The molecule has 8 heteroatoms. The van der Waals surface area contributed by atoms with Crippen molar-refractivity contribution in [2.75, 3.05) is 6.61 Å². The monoisotopic (exact) mass is 460 g/mol. The zero-order valence-electron chi connectivity index (χ0n) is 17.4. The molecule has 0 amide bonds. The molecule has 0 saturated heterocycles. The first kappa shape index (κ1) is 24.2. The van der Waals surface area contributed by atoms with E-state index in [0.29, 0.717) is 12.0 Å². The van der Waals surface area contributed by atoms with Gasteiger partial charge in [-0.25, -0.2) is 4.39 Å². The van der Waals surface area contributed by atoms with Gasteiger partial charge in [0.1, 0.15) is 30.2 Å². The first-order valence-corrected chi connectivity index (χ1v) is 10.8. The second kappa shape index (κ2) is 10.4. The maximum Gasteiger partial charge on any atom is 0.194 e. The van der Waals surface area contributed by atoms with E-state index in [1.807, 2.05) is 18.2 Å². The maximum atomic E-state index is 13.2. The van der Waals surface area contributed by atoms with Crippen LogP contribution in [0, 0.1) is 12.7 Å². The molecule has 170 valence electrons. The van der Waals surface area contributed by atoms with E-state index >= 15 is 0 Å². The van der Waals surface area contributed by atoms with E-state index in [9.17, 15) is 29.6 Å². The van der Waals surface area contributed by atoms with Crippen molar-refractivity contribution < 1.29 is 34.7 Å². The average molecular weight is 461 g/mol. The third kappa shape index (κ3) is 5.29. The van der Waals surface area contributed by atoms with Gasteiger partial charge in [0, 0.05) is 21.7 Å². The molecule has 3 aromatic rings. The molecule has 0 unspecified atom stereocenters. The van der Waals surface area contributed by atoms with Crippen LogP contribution in [0.15, 0.2) is 54.6 Å². The molecule has 1 heterocycles. The Kier molecular flexibility index (Phi) is 7.89. The minimum Gasteiger partial charge on any atom is -0.394 e. The molecule has 0 spiro atoms. The summed E-state index contributed by atoms with van der Waals surface area (Å²) in [4.78, 5) is 14.8. The minimum absolute atomic E-state index is 0.190. The molecule has 0 fully saturated rings. The third-order valence-electron chi connectivity index (χ3n) is 5.39. The number of aliphatic hydroxyl groups is 5. The Hall–Kier alpha value is -2.46. The van der Waals surface area contributed by atoms with Gasteiger partial charge in [-0.15, -0.1) is 11.3 Å². The standard InChI is InChI=1S/C24H25FO6S/c1-13-15(11-17-9-10-20(32-17)14-5-7-16(25)8-6-14)3-2-4-18(13)21(28)23(30)24(31)22(29)19(27)12-26/h2-10,19,22-24,26-27,29-31H,11-12H2,1H3/t19-,22-,23+,24+/m1/s1. The number of aliphatic hydroxyl groups excluding tert-OH is 5. The van der Waals surface area contributed by atoms with Gasteiger partial charge in [-0.1, -0.05) is 30.3 Å². The number of Topliss-reactive ketones (excluding diaryl/α,β-unsaturated/α-hetero) is 1. The molecule has 32 heavy (non-hydrogen) atoms. The molecule has 0 radical (unpaired) electrons. The van der Waals surface area contributed by atoms with Gasteiger partial charge in [-0.05, 0) is 47.9 Å². The second-order valence-electron chi connectivity index (χ2n) is 7.58. The van der Waals surface area contributed by atoms with Crippen LogP contribution in [0.4, 0.5) is 4.39 Å². The van der Waals surface area contributed by atoms with Crippen molar-refractivity contribution in [3.8, 4) is 10.4 Å². The van der Waals surface area contributed by atoms with Crippen LogP contribution >= 0.6 is 11.3 Å². The van der Waals surface area contributed by atoms with Crippen molar-refractivity contribution in [2.45, 2.75) is 37.8 Å². The Balaban J connectivity index is 1.78. The molecule has 2 aromatic carbocycles. The molecule has 0 aliphatic rings. The number of rotatable bonds is 9. The minimum atomic E-state index is -1.97. The summed E-state index contributed by atoms with van der Waals surface area (Å²) in [5, 5.41) is 48.4. The van der Waals surface area contributed by atoms with Crippen molar-refractivity contribution in [2.24, 2.45) is 0 Å². The Morgan fingerprint density at radius 3 is 2.31 bits per heavy atom. The maximum absolute atomic E-state index is 13.2. The van der Waals surface area contributed by atoms with Crippen LogP contribution < -0.4 is 0 Å². The van der Waals surface area contributed by atoms with E-state index in [0.717, 1.165) is 20.9 Å². The molecule has 0 aliphatic carbocycles. The van der Waals surface area contributed by atoms with E-state index in [1.54, 1.807) is 36.5 Å². The largest absolute Gasteiger partial charge is 0.394 e. The lowest BCUT2D eigenvalue weighted by Gasteiger charge is -2.25. The van der Waals surface area contributed by atoms with Crippen molar-refractivity contribution >= 4 is 17.1 Å². The van der Waals surface area contributed by atoms with Crippen LogP contribution in [-0.2, 0) is 6.42 Å². The van der Waals surface area contributed by atoms with Crippen LogP contribution in [0.3, 0.4) is 0 Å². The zero-order valence-corrected chi connectivity index (χ0v) is 18.2. The lowest BCUT2D eigenvalue weighted by atomic mass is 9.91. The molecule has 0 bridgehead atoms. The third-order valence-corrected chi connectivity index (χ3v) is 6.52. The van der Waals surface area contributed by atoms with Gasteiger partial charge in [-0.3, -0.25) is 4.79 Å². The molecule has 3 rings (SSSR count). The van der Waals surface area contributed by atoms with Crippen LogP contribution in [0.25, 0.3) is 10.4 Å². The highest BCUT2D eigenvalue weighted by atomic mass is 32.1. The smallest absolute Gasteiger partial charge is 0.194 e. The summed E-state index contributed by atoms with van der Waals surface area (Å²) in [5.74, 6) is -1.09. The van der Waals surface area contributed by atoms with Crippen LogP contribution in [0.5, 0.6) is 0 Å². The number of carbonyl (C=O) groups is 1. The fourth-order valence-electron chi connectivity index (χ4n) is 3.41. The number of carbonyl (C=O) groups excluding carboxylic acids is 1. The number of hydrogen-bond acceptors (Lipinski definition) is 7. The summed E-state index contributed by atoms with van der Waals surface area (Å²) in [6, 6.07) is 15.2.